The van der Waals surface area contributed by atoms with Gasteiger partial charge in [0.1, 0.15) is 17.4 Å². The van der Waals surface area contributed by atoms with Crippen LogP contribution in [0, 0.1) is 11.2 Å². The van der Waals surface area contributed by atoms with E-state index in [2.05, 4.69) is 30.7 Å². The van der Waals surface area contributed by atoms with Gasteiger partial charge in [0.05, 0.1) is 16.5 Å². The van der Waals surface area contributed by atoms with Gasteiger partial charge in [-0.25, -0.2) is 18.6 Å². The maximum Gasteiger partial charge on any atom is 0.327 e. The molecule has 0 radical (unpaired) electrons. The zero-order chi connectivity index (χ0) is 31.2. The molecule has 5 heterocycles. The predicted molar refractivity (Wildman–Crippen MR) is 174 cm³/mol. The minimum Gasteiger partial charge on any atom is -0.366 e. The average molecular weight is 633 g/mol. The van der Waals surface area contributed by atoms with Gasteiger partial charge in [-0.3, -0.25) is 19.1 Å². The molecule has 242 valence electrons. The van der Waals surface area contributed by atoms with Crippen molar-refractivity contribution < 1.29 is 22.6 Å². The standard InChI is InChI=1S/C32H40F2N6O3S.3H2/c1-32(2,3)12-17-39-29(42)25(44-30(39)22-6-4-7-23(34)27(22)38-14-9-20(33)19-38)18-26(41)37-15-10-21(11-16-37)40-24-8-5-13-35-28(24)36-31(40)43;;;/h4-8,13,20-21,25,30H,9-12,14-19H2,1-3H3,(H,35,36,43);3*1H/t20?,25-,30?;;;/m0.../s1. The molecule has 2 unspecified atom stereocenters. The number of para-hydroxylation sites is 1. The van der Waals surface area contributed by atoms with Crippen LogP contribution >= 0.6 is 11.8 Å². The van der Waals surface area contributed by atoms with E-state index in [9.17, 15) is 18.8 Å². The molecule has 3 atom stereocenters. The molecule has 3 saturated heterocycles. The number of thioether (sulfide) groups is 1. The Morgan fingerprint density at radius 3 is 2.59 bits per heavy atom. The average Bonchev–Trinajstić information content (AvgIpc) is 3.65. The molecule has 3 aliphatic heterocycles. The summed E-state index contributed by atoms with van der Waals surface area (Å²) >= 11 is 1.39. The van der Waals surface area contributed by atoms with Gasteiger partial charge in [0.2, 0.25) is 11.8 Å². The summed E-state index contributed by atoms with van der Waals surface area (Å²) in [4.78, 5) is 52.5. The van der Waals surface area contributed by atoms with E-state index in [0.29, 0.717) is 62.3 Å². The van der Waals surface area contributed by atoms with Gasteiger partial charge in [0, 0.05) is 61.2 Å². The molecule has 1 N–H and O–H groups in total. The lowest BCUT2D eigenvalue weighted by molar-refractivity contribution is -0.136. The van der Waals surface area contributed by atoms with Crippen molar-refractivity contribution in [3.05, 3.63) is 58.4 Å². The third-order valence-corrected chi connectivity index (χ3v) is 10.5. The van der Waals surface area contributed by atoms with Crippen LogP contribution in [0.1, 0.15) is 74.1 Å². The maximum atomic E-state index is 15.3. The number of halogens is 2. The van der Waals surface area contributed by atoms with Crippen molar-refractivity contribution in [2.24, 2.45) is 5.41 Å². The second kappa shape index (κ2) is 12.2. The molecule has 0 saturated carbocycles. The molecule has 0 bridgehead atoms. The molecule has 2 aromatic heterocycles. The van der Waals surface area contributed by atoms with Gasteiger partial charge in [-0.05, 0) is 49.3 Å². The van der Waals surface area contributed by atoms with Gasteiger partial charge < -0.3 is 14.7 Å². The summed E-state index contributed by atoms with van der Waals surface area (Å²) in [5, 5.41) is -1.07. The number of alkyl halides is 1. The molecular formula is C32H46F2N6O3S. The van der Waals surface area contributed by atoms with Crippen molar-refractivity contribution in [2.45, 2.75) is 75.7 Å². The number of piperidine rings is 1. The number of nitrogens with zero attached hydrogens (tertiary/aromatic N) is 5. The summed E-state index contributed by atoms with van der Waals surface area (Å²) < 4.78 is 31.2. The summed E-state index contributed by atoms with van der Waals surface area (Å²) in [6.07, 6.45) is 3.01. The Kier molecular flexibility index (Phi) is 8.47. The van der Waals surface area contributed by atoms with E-state index in [4.69, 9.17) is 0 Å². The quantitative estimate of drug-likeness (QED) is 0.355. The summed E-state index contributed by atoms with van der Waals surface area (Å²) in [6.45, 7) is 8.33. The third-order valence-electron chi connectivity index (χ3n) is 9.00. The van der Waals surface area contributed by atoms with Gasteiger partial charge in [0.15, 0.2) is 5.65 Å². The van der Waals surface area contributed by atoms with E-state index in [0.717, 1.165) is 11.9 Å². The Labute approximate surface area is 264 Å². The number of hydrogen-bond donors (Lipinski definition) is 1. The molecule has 3 aliphatic rings. The van der Waals surface area contributed by atoms with E-state index in [1.165, 1.54) is 17.8 Å². The van der Waals surface area contributed by atoms with Crippen LogP contribution in [-0.2, 0) is 9.59 Å². The largest absolute Gasteiger partial charge is 0.366 e. The highest BCUT2D eigenvalue weighted by atomic mass is 32.2. The van der Waals surface area contributed by atoms with Crippen molar-refractivity contribution in [2.75, 3.05) is 37.6 Å². The van der Waals surface area contributed by atoms with Crippen LogP contribution in [0.2, 0.25) is 0 Å². The van der Waals surface area contributed by atoms with Crippen LogP contribution in [0.3, 0.4) is 0 Å². The SMILES string of the molecule is CC(C)(C)CCN1C(=O)[C@H](CC(=O)N2CCC(n3c(=O)[nH]c4ncccc43)CC2)SC1c1cccc(F)c1N1CCC(F)C1.[HH].[HH].[HH]. The third kappa shape index (κ3) is 6.09. The highest BCUT2D eigenvalue weighted by Crippen LogP contribution is 2.48. The molecule has 12 heteroatoms. The number of carbonyl (C=O) groups is 2. The first-order chi connectivity index (χ1) is 21.0. The maximum absolute atomic E-state index is 15.3. The zero-order valence-corrected chi connectivity index (χ0v) is 26.3. The van der Waals surface area contributed by atoms with Gasteiger partial charge >= 0.3 is 5.69 Å². The van der Waals surface area contributed by atoms with E-state index in [1.807, 2.05) is 12.1 Å². The molecular weight excluding hydrogens is 586 g/mol. The number of amides is 2. The summed E-state index contributed by atoms with van der Waals surface area (Å²) in [6, 6.07) is 8.47. The Morgan fingerprint density at radius 1 is 1.11 bits per heavy atom. The minimum atomic E-state index is -1.02. The molecule has 44 heavy (non-hydrogen) atoms. The number of aromatic nitrogens is 3. The molecule has 2 amide bonds. The van der Waals surface area contributed by atoms with Crippen LogP contribution < -0.4 is 10.6 Å². The number of H-pyrrole nitrogens is 1. The number of rotatable bonds is 7. The highest BCUT2D eigenvalue weighted by molar-refractivity contribution is 8.01. The lowest BCUT2D eigenvalue weighted by Crippen LogP contribution is -2.42. The van der Waals surface area contributed by atoms with Gasteiger partial charge in [-0.1, -0.05) is 32.9 Å². The number of nitrogens with one attached hydrogen (secondary N) is 1. The first-order valence-corrected chi connectivity index (χ1v) is 16.4. The van der Waals surface area contributed by atoms with Crippen LogP contribution in [0.5, 0.6) is 0 Å². The smallest absolute Gasteiger partial charge is 0.327 e. The fraction of sp³-hybridized carbons (Fsp3) is 0.562. The van der Waals surface area contributed by atoms with Gasteiger partial charge in [-0.15, -0.1) is 11.8 Å². The molecule has 1 aromatic carbocycles. The van der Waals surface area contributed by atoms with Crippen molar-refractivity contribution in [1.29, 1.82) is 0 Å². The van der Waals surface area contributed by atoms with Crippen LogP contribution in [0.25, 0.3) is 11.2 Å². The van der Waals surface area contributed by atoms with Gasteiger partial charge in [0.25, 0.3) is 0 Å². The Balaban J connectivity index is 0.00000200. The molecule has 9 nitrogen and oxygen atoms in total. The number of anilines is 1. The van der Waals surface area contributed by atoms with Crippen molar-refractivity contribution >= 4 is 40.4 Å². The minimum absolute atomic E-state index is 0. The van der Waals surface area contributed by atoms with E-state index < -0.39 is 22.6 Å². The Hall–Kier alpha value is -3.41. The van der Waals surface area contributed by atoms with Crippen molar-refractivity contribution in [3.8, 4) is 0 Å². The lowest BCUT2D eigenvalue weighted by Gasteiger charge is -2.33. The number of likely N-dealkylation sites (tertiary alicyclic amines) is 1. The number of pyridine rings is 1. The Bertz CT molecular complexity index is 1610. The normalized spacial score (nSPS) is 23.3. The fourth-order valence-corrected chi connectivity index (χ4v) is 8.11. The summed E-state index contributed by atoms with van der Waals surface area (Å²) in [7, 11) is 0. The number of imidazole rings is 1. The second-order valence-electron chi connectivity index (χ2n) is 13.3. The fourth-order valence-electron chi connectivity index (χ4n) is 6.62. The number of hydrogen-bond acceptors (Lipinski definition) is 6. The molecule has 3 aromatic rings. The van der Waals surface area contributed by atoms with Crippen LogP contribution in [0.15, 0.2) is 41.3 Å². The number of benzene rings is 1. The topological polar surface area (TPSA) is 94.5 Å². The van der Waals surface area contributed by atoms with Crippen molar-refractivity contribution in [3.63, 3.8) is 0 Å². The zero-order valence-electron chi connectivity index (χ0n) is 25.5. The summed E-state index contributed by atoms with van der Waals surface area (Å²) in [5.41, 5.74) is 2.08. The van der Waals surface area contributed by atoms with Crippen molar-refractivity contribution in [1.82, 2.24) is 24.3 Å². The van der Waals surface area contributed by atoms with E-state index >= 15 is 4.39 Å². The van der Waals surface area contributed by atoms with E-state index in [-0.39, 0.29) is 46.2 Å². The van der Waals surface area contributed by atoms with Gasteiger partial charge in [-0.2, -0.15) is 0 Å². The lowest BCUT2D eigenvalue weighted by atomic mass is 9.92. The highest BCUT2D eigenvalue weighted by Gasteiger charge is 2.44. The monoisotopic (exact) mass is 632 g/mol. The Morgan fingerprint density at radius 2 is 1.89 bits per heavy atom. The van der Waals surface area contributed by atoms with Crippen LogP contribution in [-0.4, -0.2) is 80.3 Å². The molecule has 3 fully saturated rings. The van der Waals surface area contributed by atoms with Crippen LogP contribution in [0.4, 0.5) is 14.5 Å². The number of aromatic amines is 1. The molecule has 0 spiro atoms. The molecule has 0 aliphatic carbocycles. The first-order valence-electron chi connectivity index (χ1n) is 15.5. The van der Waals surface area contributed by atoms with E-state index in [1.54, 1.807) is 37.6 Å². The number of carbonyl (C=O) groups excluding carboxylic acids is 2. The molecule has 6 rings (SSSR count). The predicted octanol–water partition coefficient (Wildman–Crippen LogP) is 5.78. The second-order valence-corrected chi connectivity index (χ2v) is 14.6. The summed E-state index contributed by atoms with van der Waals surface area (Å²) in [5.74, 6) is -0.642. The first kappa shape index (κ1) is 30.6. The number of fused-ring (bicyclic) bond motifs is 1.